The molecule has 1 saturated heterocycles. The zero-order valence-corrected chi connectivity index (χ0v) is 12.8. The smallest absolute Gasteiger partial charge is 0.323 e. The number of carboxylic acid groups (broad SMARTS) is 1. The number of hydrogen-bond acceptors (Lipinski definition) is 4. The van der Waals surface area contributed by atoms with Crippen molar-refractivity contribution in [2.24, 2.45) is 5.92 Å². The van der Waals surface area contributed by atoms with Gasteiger partial charge >= 0.3 is 5.97 Å². The van der Waals surface area contributed by atoms with Gasteiger partial charge in [0.2, 0.25) is 0 Å². The van der Waals surface area contributed by atoms with E-state index in [1.54, 1.807) is 7.05 Å². The lowest BCUT2D eigenvalue weighted by molar-refractivity contribution is -0.160. The van der Waals surface area contributed by atoms with Crippen molar-refractivity contribution in [3.63, 3.8) is 0 Å². The van der Waals surface area contributed by atoms with Gasteiger partial charge < -0.3 is 19.9 Å². The second kappa shape index (κ2) is 7.22. The maximum absolute atomic E-state index is 11.2. The molecule has 116 valence electrons. The summed E-state index contributed by atoms with van der Waals surface area (Å²) in [7, 11) is 1.62. The fraction of sp³-hybridized carbons (Fsp3) is 0.533. The van der Waals surface area contributed by atoms with Crippen molar-refractivity contribution in [3.05, 3.63) is 34.9 Å². The van der Waals surface area contributed by atoms with Crippen LogP contribution < -0.4 is 5.32 Å². The maximum Gasteiger partial charge on any atom is 0.323 e. The van der Waals surface area contributed by atoms with E-state index in [2.05, 4.69) is 5.32 Å². The highest BCUT2D eigenvalue weighted by Gasteiger charge is 2.40. The van der Waals surface area contributed by atoms with Gasteiger partial charge in [0.05, 0.1) is 12.7 Å². The first-order valence-corrected chi connectivity index (χ1v) is 7.31. The zero-order chi connectivity index (χ0) is 15.4. The quantitative estimate of drug-likeness (QED) is 0.843. The van der Waals surface area contributed by atoms with Crippen molar-refractivity contribution in [2.45, 2.75) is 38.4 Å². The average molecular weight is 314 g/mol. The van der Waals surface area contributed by atoms with Crippen LogP contribution in [0.1, 0.15) is 18.9 Å². The van der Waals surface area contributed by atoms with Crippen molar-refractivity contribution < 1.29 is 19.4 Å². The van der Waals surface area contributed by atoms with Crippen LogP contribution in [-0.4, -0.2) is 36.6 Å². The van der Waals surface area contributed by atoms with Crippen LogP contribution in [0, 0.1) is 5.92 Å². The van der Waals surface area contributed by atoms with Gasteiger partial charge in [-0.1, -0.05) is 36.7 Å². The third-order valence-electron chi connectivity index (χ3n) is 3.72. The Morgan fingerprint density at radius 2 is 2.29 bits per heavy atom. The van der Waals surface area contributed by atoms with Gasteiger partial charge in [0.25, 0.3) is 0 Å². The second-order valence-electron chi connectivity index (χ2n) is 5.25. The lowest BCUT2D eigenvalue weighted by atomic mass is 9.97. The van der Waals surface area contributed by atoms with Crippen LogP contribution in [0.4, 0.5) is 0 Å². The summed E-state index contributed by atoms with van der Waals surface area (Å²) in [6.45, 7) is 2.32. The highest BCUT2D eigenvalue weighted by atomic mass is 35.5. The summed E-state index contributed by atoms with van der Waals surface area (Å²) < 4.78 is 11.5. The van der Waals surface area contributed by atoms with E-state index in [0.717, 1.165) is 5.56 Å². The fourth-order valence-corrected chi connectivity index (χ4v) is 2.73. The Bertz CT molecular complexity index is 496. The van der Waals surface area contributed by atoms with E-state index in [1.807, 2.05) is 31.2 Å². The van der Waals surface area contributed by atoms with Crippen LogP contribution in [-0.2, 0) is 20.9 Å². The molecule has 0 aromatic heterocycles. The van der Waals surface area contributed by atoms with Crippen LogP contribution >= 0.6 is 11.6 Å². The van der Waals surface area contributed by atoms with Gasteiger partial charge in [0.1, 0.15) is 6.04 Å². The molecular formula is C15H20ClNO4. The molecule has 0 bridgehead atoms. The summed E-state index contributed by atoms with van der Waals surface area (Å²) in [5, 5.41) is 12.6. The van der Waals surface area contributed by atoms with E-state index < -0.39 is 24.4 Å². The maximum atomic E-state index is 11.2. The molecular weight excluding hydrogens is 294 g/mol. The van der Waals surface area contributed by atoms with Crippen molar-refractivity contribution in [3.8, 4) is 0 Å². The third kappa shape index (κ3) is 3.95. The Morgan fingerprint density at radius 1 is 1.57 bits per heavy atom. The molecule has 5 nitrogen and oxygen atoms in total. The molecule has 1 heterocycles. The van der Waals surface area contributed by atoms with Crippen molar-refractivity contribution in [1.82, 2.24) is 5.32 Å². The highest BCUT2D eigenvalue weighted by Crippen LogP contribution is 2.30. The van der Waals surface area contributed by atoms with Crippen LogP contribution in [0.5, 0.6) is 0 Å². The van der Waals surface area contributed by atoms with E-state index in [4.69, 9.17) is 21.1 Å². The van der Waals surface area contributed by atoms with Gasteiger partial charge in [-0.25, -0.2) is 0 Å². The van der Waals surface area contributed by atoms with Crippen molar-refractivity contribution >= 4 is 17.6 Å². The largest absolute Gasteiger partial charge is 0.480 e. The Labute approximate surface area is 129 Å². The van der Waals surface area contributed by atoms with Crippen molar-refractivity contribution in [2.75, 3.05) is 7.05 Å². The predicted octanol–water partition coefficient (Wildman–Crippen LogP) is 2.28. The summed E-state index contributed by atoms with van der Waals surface area (Å²) in [5.74, 6) is -0.809. The summed E-state index contributed by atoms with van der Waals surface area (Å²) in [6.07, 6.45) is -0.138. The average Bonchev–Trinajstić information content (AvgIpc) is 2.80. The molecule has 1 fully saturated rings. The third-order valence-corrected chi connectivity index (χ3v) is 4.09. The van der Waals surface area contributed by atoms with E-state index in [9.17, 15) is 9.90 Å². The summed E-state index contributed by atoms with van der Waals surface area (Å²) in [5.41, 5.74) is 0.891. The lowest BCUT2D eigenvalue weighted by Gasteiger charge is -2.22. The van der Waals surface area contributed by atoms with E-state index >= 15 is 0 Å². The fourth-order valence-electron chi connectivity index (χ4n) is 2.54. The minimum atomic E-state index is -0.916. The molecule has 0 aliphatic carbocycles. The lowest BCUT2D eigenvalue weighted by Crippen LogP contribution is -2.46. The number of halogens is 1. The van der Waals surface area contributed by atoms with Gasteiger partial charge in [0, 0.05) is 11.4 Å². The number of ether oxygens (including phenoxy) is 2. The summed E-state index contributed by atoms with van der Waals surface area (Å²) in [4.78, 5) is 11.2. The molecule has 2 unspecified atom stereocenters. The van der Waals surface area contributed by atoms with E-state index in [0.29, 0.717) is 18.1 Å². The van der Waals surface area contributed by atoms with Gasteiger partial charge in [-0.3, -0.25) is 4.79 Å². The molecule has 0 radical (unpaired) electrons. The van der Waals surface area contributed by atoms with Gasteiger partial charge in [0.15, 0.2) is 6.29 Å². The standard InChI is InChI=1S/C15H20ClNO4/c1-9-7-12(21-14(9)13(17-2)15(18)19)20-8-10-5-3-4-6-11(10)16/h3-6,9,12-14,17H,7-8H2,1-2H3,(H,18,19)/t9-,12?,13?,14-/m1/s1. The summed E-state index contributed by atoms with van der Waals surface area (Å²) >= 11 is 6.07. The SMILES string of the molecule is CNC(C(=O)O)[C@@H]1OC(OCc2ccccc2Cl)C[C@H]1C. The molecule has 1 aliphatic rings. The number of likely N-dealkylation sites (N-methyl/N-ethyl adjacent to an activating group) is 1. The summed E-state index contributed by atoms with van der Waals surface area (Å²) in [6, 6.07) is 6.73. The van der Waals surface area contributed by atoms with Gasteiger partial charge in [-0.05, 0) is 24.6 Å². The van der Waals surface area contributed by atoms with E-state index in [1.165, 1.54) is 0 Å². The first-order valence-electron chi connectivity index (χ1n) is 6.93. The topological polar surface area (TPSA) is 67.8 Å². The number of benzene rings is 1. The molecule has 21 heavy (non-hydrogen) atoms. The zero-order valence-electron chi connectivity index (χ0n) is 12.1. The molecule has 0 saturated carbocycles. The van der Waals surface area contributed by atoms with Crippen LogP contribution in [0.2, 0.25) is 5.02 Å². The second-order valence-corrected chi connectivity index (χ2v) is 5.66. The van der Waals surface area contributed by atoms with E-state index in [-0.39, 0.29) is 5.92 Å². The van der Waals surface area contributed by atoms with Crippen molar-refractivity contribution in [1.29, 1.82) is 0 Å². The molecule has 2 N–H and O–H groups in total. The molecule has 0 amide bonds. The molecule has 0 spiro atoms. The number of nitrogens with one attached hydrogen (secondary N) is 1. The van der Waals surface area contributed by atoms with Crippen LogP contribution in [0.3, 0.4) is 0 Å². The molecule has 1 aromatic carbocycles. The first kappa shape index (κ1) is 16.2. The number of aliphatic carboxylic acids is 1. The highest BCUT2D eigenvalue weighted by molar-refractivity contribution is 6.31. The molecule has 4 atom stereocenters. The Balaban J connectivity index is 1.92. The molecule has 6 heteroatoms. The first-order chi connectivity index (χ1) is 10.0. The number of carbonyl (C=O) groups is 1. The molecule has 2 rings (SSSR count). The Hall–Kier alpha value is -1.14. The Kier molecular flexibility index (Phi) is 5.58. The van der Waals surface area contributed by atoms with Gasteiger partial charge in [-0.15, -0.1) is 0 Å². The number of hydrogen-bond donors (Lipinski definition) is 2. The Morgan fingerprint density at radius 3 is 2.90 bits per heavy atom. The van der Waals surface area contributed by atoms with Crippen LogP contribution in [0.15, 0.2) is 24.3 Å². The monoisotopic (exact) mass is 313 g/mol. The molecule has 1 aliphatic heterocycles. The van der Waals surface area contributed by atoms with Gasteiger partial charge in [-0.2, -0.15) is 0 Å². The normalized spacial score (nSPS) is 26.7. The number of carboxylic acids is 1. The minimum absolute atomic E-state index is 0.106. The molecule has 1 aromatic rings. The minimum Gasteiger partial charge on any atom is -0.480 e. The van der Waals surface area contributed by atoms with Crippen LogP contribution in [0.25, 0.3) is 0 Å². The predicted molar refractivity (Wildman–Crippen MR) is 79.2 cm³/mol. The number of rotatable bonds is 6.